The molecule has 0 saturated carbocycles. The highest BCUT2D eigenvalue weighted by atomic mass is 19.1. The molecule has 7 heteroatoms. The number of nitrogens with zero attached hydrogens (tertiary/aromatic N) is 2. The molecule has 0 radical (unpaired) electrons. The molecule has 3 N–H and O–H groups in total. The Kier molecular flexibility index (Phi) is 14.2. The Morgan fingerprint density at radius 3 is 2.06 bits per heavy atom. The number of aliphatic hydroxyl groups is 1. The Labute approximate surface area is 191 Å². The first kappa shape index (κ1) is 29.0. The van der Waals surface area contributed by atoms with Crippen molar-refractivity contribution >= 4 is 17.4 Å². The SMILES string of the molecule is C=C.CC(=O)c1ccc(N2CCN(C(=O)c3cccc(C)c3)CC2)c(F)c1.CCN.CO. The summed E-state index contributed by atoms with van der Waals surface area (Å²) >= 11 is 0. The third-order valence-corrected chi connectivity index (χ3v) is 4.53. The minimum Gasteiger partial charge on any atom is -0.400 e. The second-order valence-corrected chi connectivity index (χ2v) is 6.78. The van der Waals surface area contributed by atoms with Gasteiger partial charge in [-0.25, -0.2) is 4.39 Å². The van der Waals surface area contributed by atoms with Crippen molar-refractivity contribution in [3.8, 4) is 0 Å². The number of hydrogen-bond donors (Lipinski definition) is 2. The van der Waals surface area contributed by atoms with Crippen LogP contribution >= 0.6 is 0 Å². The van der Waals surface area contributed by atoms with E-state index in [4.69, 9.17) is 10.8 Å². The van der Waals surface area contributed by atoms with E-state index in [1.54, 1.807) is 17.0 Å². The van der Waals surface area contributed by atoms with E-state index in [1.165, 1.54) is 13.0 Å². The lowest BCUT2D eigenvalue weighted by Gasteiger charge is -2.36. The van der Waals surface area contributed by atoms with Gasteiger partial charge in [-0.3, -0.25) is 9.59 Å². The van der Waals surface area contributed by atoms with Crippen LogP contribution in [0.25, 0.3) is 0 Å². The molecule has 1 aliphatic heterocycles. The molecule has 176 valence electrons. The van der Waals surface area contributed by atoms with E-state index in [1.807, 2.05) is 43.0 Å². The first-order valence-electron chi connectivity index (χ1n) is 10.4. The van der Waals surface area contributed by atoms with Gasteiger partial charge in [0.1, 0.15) is 5.82 Å². The third-order valence-electron chi connectivity index (χ3n) is 4.53. The van der Waals surface area contributed by atoms with Crippen LogP contribution < -0.4 is 10.6 Å². The maximum absolute atomic E-state index is 14.3. The van der Waals surface area contributed by atoms with Crippen LogP contribution in [0.3, 0.4) is 0 Å². The average molecular weight is 446 g/mol. The lowest BCUT2D eigenvalue weighted by atomic mass is 10.1. The summed E-state index contributed by atoms with van der Waals surface area (Å²) in [5, 5.41) is 7.00. The lowest BCUT2D eigenvalue weighted by Crippen LogP contribution is -2.49. The molecule has 0 unspecified atom stereocenters. The number of halogens is 1. The van der Waals surface area contributed by atoms with Crippen molar-refractivity contribution in [1.29, 1.82) is 0 Å². The van der Waals surface area contributed by atoms with Crippen LogP contribution in [0.15, 0.2) is 55.6 Å². The normalized spacial score (nSPS) is 12.2. The quantitative estimate of drug-likeness (QED) is 0.556. The van der Waals surface area contributed by atoms with E-state index in [0.717, 1.165) is 19.2 Å². The van der Waals surface area contributed by atoms with Crippen molar-refractivity contribution in [3.63, 3.8) is 0 Å². The highest BCUT2D eigenvalue weighted by molar-refractivity contribution is 5.95. The van der Waals surface area contributed by atoms with Gasteiger partial charge in [0.25, 0.3) is 5.91 Å². The van der Waals surface area contributed by atoms with Crippen LogP contribution in [0.4, 0.5) is 10.1 Å². The number of hydrogen-bond acceptors (Lipinski definition) is 5. The standard InChI is InChI=1S/C20H21FN2O2.C2H7N.C2H4.CH4O/c1-14-4-3-5-17(12-14)20(25)23-10-8-22(9-11-23)19-7-6-16(15(2)24)13-18(19)21;1-2-3;2*1-2/h3-7,12-13H,8-11H2,1-2H3;2-3H2,1H3;1-2H2;2H,1H3. The van der Waals surface area contributed by atoms with Gasteiger partial charge in [0.15, 0.2) is 5.78 Å². The van der Waals surface area contributed by atoms with Gasteiger partial charge < -0.3 is 20.6 Å². The van der Waals surface area contributed by atoms with Crippen molar-refractivity contribution < 1.29 is 19.1 Å². The molecule has 32 heavy (non-hydrogen) atoms. The zero-order valence-corrected chi connectivity index (χ0v) is 19.6. The zero-order chi connectivity index (χ0) is 24.7. The molecule has 6 nitrogen and oxygen atoms in total. The number of carbonyl (C=O) groups is 2. The van der Waals surface area contributed by atoms with Crippen molar-refractivity contribution in [2.75, 3.05) is 44.7 Å². The number of anilines is 1. The van der Waals surface area contributed by atoms with Gasteiger partial charge in [-0.1, -0.05) is 24.6 Å². The van der Waals surface area contributed by atoms with E-state index in [9.17, 15) is 14.0 Å². The third kappa shape index (κ3) is 8.61. The van der Waals surface area contributed by atoms with Gasteiger partial charge >= 0.3 is 0 Å². The number of rotatable bonds is 3. The number of benzene rings is 2. The van der Waals surface area contributed by atoms with E-state index < -0.39 is 5.82 Å². The van der Waals surface area contributed by atoms with E-state index in [0.29, 0.717) is 43.0 Å². The van der Waals surface area contributed by atoms with Crippen LogP contribution in [0.5, 0.6) is 0 Å². The molecule has 1 fully saturated rings. The number of Topliss-reactive ketones (excluding diaryl/α,β-unsaturated/α-hetero) is 1. The molecule has 0 aromatic heterocycles. The van der Waals surface area contributed by atoms with Gasteiger partial charge in [0.2, 0.25) is 0 Å². The molecule has 0 bridgehead atoms. The molecule has 3 rings (SSSR count). The van der Waals surface area contributed by atoms with Crippen molar-refractivity contribution in [2.24, 2.45) is 5.73 Å². The summed E-state index contributed by atoms with van der Waals surface area (Å²) in [6.07, 6.45) is 0. The summed E-state index contributed by atoms with van der Waals surface area (Å²) in [6, 6.07) is 12.1. The number of aliphatic hydroxyl groups excluding tert-OH is 1. The van der Waals surface area contributed by atoms with Crippen molar-refractivity contribution in [2.45, 2.75) is 20.8 Å². The molecule has 2 aromatic carbocycles. The topological polar surface area (TPSA) is 86.9 Å². The Hall–Kier alpha value is -3.03. The minimum atomic E-state index is -0.397. The Morgan fingerprint density at radius 1 is 1.03 bits per heavy atom. The molecular weight excluding hydrogens is 409 g/mol. The Morgan fingerprint density at radius 2 is 1.59 bits per heavy atom. The number of nitrogens with two attached hydrogens (primary N) is 1. The van der Waals surface area contributed by atoms with Crippen LogP contribution in [-0.4, -0.2) is 61.5 Å². The van der Waals surface area contributed by atoms with Gasteiger partial charge in [0, 0.05) is 44.4 Å². The summed E-state index contributed by atoms with van der Waals surface area (Å²) in [5.41, 5.74) is 7.43. The molecular formula is C25H36FN3O3. The maximum Gasteiger partial charge on any atom is 0.253 e. The van der Waals surface area contributed by atoms with Gasteiger partial charge in [-0.15, -0.1) is 13.2 Å². The monoisotopic (exact) mass is 445 g/mol. The van der Waals surface area contributed by atoms with Gasteiger partial charge in [-0.05, 0) is 50.7 Å². The molecule has 1 saturated heterocycles. The number of aryl methyl sites for hydroxylation is 1. The predicted molar refractivity (Wildman–Crippen MR) is 130 cm³/mol. The molecule has 2 aromatic rings. The fraction of sp³-hybridized carbons (Fsp3) is 0.360. The van der Waals surface area contributed by atoms with E-state index in [2.05, 4.69) is 13.2 Å². The smallest absolute Gasteiger partial charge is 0.253 e. The highest BCUT2D eigenvalue weighted by Gasteiger charge is 2.24. The summed E-state index contributed by atoms with van der Waals surface area (Å²) in [6.45, 7) is 14.2. The largest absolute Gasteiger partial charge is 0.400 e. The molecule has 0 spiro atoms. The summed E-state index contributed by atoms with van der Waals surface area (Å²) < 4.78 is 14.3. The molecule has 1 heterocycles. The van der Waals surface area contributed by atoms with Gasteiger partial charge in [-0.2, -0.15) is 0 Å². The number of piperazine rings is 1. The van der Waals surface area contributed by atoms with Crippen molar-refractivity contribution in [1.82, 2.24) is 4.90 Å². The van der Waals surface area contributed by atoms with Crippen LogP contribution in [0, 0.1) is 12.7 Å². The Balaban J connectivity index is 0.00000124. The van der Waals surface area contributed by atoms with Crippen LogP contribution in [0.2, 0.25) is 0 Å². The van der Waals surface area contributed by atoms with E-state index in [-0.39, 0.29) is 11.7 Å². The summed E-state index contributed by atoms with van der Waals surface area (Å²) in [5.74, 6) is -0.541. The van der Waals surface area contributed by atoms with Crippen molar-refractivity contribution in [3.05, 3.63) is 78.1 Å². The number of carbonyl (C=O) groups excluding carboxylic acids is 2. The zero-order valence-electron chi connectivity index (χ0n) is 19.6. The van der Waals surface area contributed by atoms with Crippen LogP contribution in [-0.2, 0) is 0 Å². The molecule has 1 amide bonds. The first-order chi connectivity index (χ1) is 15.4. The average Bonchev–Trinajstić information content (AvgIpc) is 2.82. The predicted octanol–water partition coefficient (Wildman–Crippen LogP) is 3.67. The first-order valence-corrected chi connectivity index (χ1v) is 10.4. The maximum atomic E-state index is 14.3. The lowest BCUT2D eigenvalue weighted by molar-refractivity contribution is 0.0746. The molecule has 0 atom stereocenters. The summed E-state index contributed by atoms with van der Waals surface area (Å²) in [7, 11) is 1.00. The number of amides is 1. The highest BCUT2D eigenvalue weighted by Crippen LogP contribution is 2.23. The summed E-state index contributed by atoms with van der Waals surface area (Å²) in [4.78, 5) is 27.6. The number of ketones is 1. The molecule has 1 aliphatic rings. The fourth-order valence-electron chi connectivity index (χ4n) is 3.09. The van der Waals surface area contributed by atoms with E-state index >= 15 is 0 Å². The second-order valence-electron chi connectivity index (χ2n) is 6.78. The fourth-order valence-corrected chi connectivity index (χ4v) is 3.09. The second kappa shape index (κ2) is 15.7. The van der Waals surface area contributed by atoms with Gasteiger partial charge in [0.05, 0.1) is 5.69 Å². The molecule has 0 aliphatic carbocycles. The minimum absolute atomic E-state index is 0.00995. The van der Waals surface area contributed by atoms with Crippen LogP contribution in [0.1, 0.15) is 40.1 Å². The Bertz CT molecular complexity index is 850.